The van der Waals surface area contributed by atoms with Crippen molar-refractivity contribution in [2.75, 3.05) is 11.4 Å². The van der Waals surface area contributed by atoms with Crippen LogP contribution in [0.4, 0.5) is 10.5 Å². The predicted octanol–water partition coefficient (Wildman–Crippen LogP) is 2.15. The highest BCUT2D eigenvalue weighted by Gasteiger charge is 2.34. The fourth-order valence-electron chi connectivity index (χ4n) is 3.14. The highest BCUT2D eigenvalue weighted by atomic mass is 16.2. The van der Waals surface area contributed by atoms with Crippen molar-refractivity contribution in [2.24, 2.45) is 7.05 Å². The first kappa shape index (κ1) is 18.0. The van der Waals surface area contributed by atoms with Crippen molar-refractivity contribution < 1.29 is 9.59 Å². The Labute approximate surface area is 153 Å². The van der Waals surface area contributed by atoms with E-state index in [1.807, 2.05) is 26.1 Å². The second kappa shape index (κ2) is 7.59. The summed E-state index contributed by atoms with van der Waals surface area (Å²) in [4.78, 5) is 26.5. The van der Waals surface area contributed by atoms with Gasteiger partial charge in [0.25, 0.3) is 0 Å². The molecule has 138 valence electrons. The van der Waals surface area contributed by atoms with E-state index in [1.54, 1.807) is 22.0 Å². The van der Waals surface area contributed by atoms with Crippen LogP contribution in [-0.4, -0.2) is 34.3 Å². The van der Waals surface area contributed by atoms with Crippen LogP contribution >= 0.6 is 0 Å². The number of benzene rings is 1. The predicted molar refractivity (Wildman–Crippen MR) is 99.9 cm³/mol. The third-order valence-electron chi connectivity index (χ3n) is 4.75. The molecular formula is C19H25N5O2. The molecule has 7 nitrogen and oxygen atoms in total. The van der Waals surface area contributed by atoms with Crippen LogP contribution in [0.15, 0.2) is 36.7 Å². The van der Waals surface area contributed by atoms with E-state index in [9.17, 15) is 9.59 Å². The Hall–Kier alpha value is -2.83. The van der Waals surface area contributed by atoms with E-state index in [-0.39, 0.29) is 18.0 Å². The molecule has 3 rings (SSSR count). The number of anilines is 1. The van der Waals surface area contributed by atoms with Crippen LogP contribution < -0.4 is 15.5 Å². The van der Waals surface area contributed by atoms with E-state index in [0.29, 0.717) is 13.0 Å². The minimum absolute atomic E-state index is 0.104. The highest BCUT2D eigenvalue weighted by Crippen LogP contribution is 2.21. The molecule has 1 aliphatic heterocycles. The number of amides is 3. The van der Waals surface area contributed by atoms with Crippen LogP contribution in [0.5, 0.6) is 0 Å². The molecule has 0 saturated carbocycles. The second-order valence-corrected chi connectivity index (χ2v) is 6.64. The quantitative estimate of drug-likeness (QED) is 0.862. The molecule has 2 atom stereocenters. The number of hydrogen-bond acceptors (Lipinski definition) is 3. The van der Waals surface area contributed by atoms with Crippen LogP contribution in [0.3, 0.4) is 0 Å². The molecule has 1 aliphatic rings. The summed E-state index contributed by atoms with van der Waals surface area (Å²) in [6.07, 6.45) is 5.02. The fourth-order valence-corrected chi connectivity index (χ4v) is 3.14. The lowest BCUT2D eigenvalue weighted by atomic mass is 10.1. The number of nitrogens with one attached hydrogen (secondary N) is 2. The molecule has 0 spiro atoms. The van der Waals surface area contributed by atoms with Gasteiger partial charge in [0.05, 0.1) is 17.9 Å². The van der Waals surface area contributed by atoms with Gasteiger partial charge in [0.15, 0.2) is 0 Å². The van der Waals surface area contributed by atoms with E-state index < -0.39 is 6.04 Å². The summed E-state index contributed by atoms with van der Waals surface area (Å²) >= 11 is 0. The molecule has 0 bridgehead atoms. The molecule has 1 fully saturated rings. The highest BCUT2D eigenvalue weighted by molar-refractivity contribution is 6.01. The molecule has 3 amide bonds. The Bertz CT molecular complexity index is 783. The van der Waals surface area contributed by atoms with Gasteiger partial charge in [0.2, 0.25) is 5.91 Å². The number of carbonyl (C=O) groups excluding carboxylic acids is 2. The van der Waals surface area contributed by atoms with E-state index in [0.717, 1.165) is 17.7 Å². The van der Waals surface area contributed by atoms with Gasteiger partial charge in [-0.05, 0) is 30.9 Å². The topological polar surface area (TPSA) is 79.3 Å². The zero-order valence-electron chi connectivity index (χ0n) is 15.4. The number of rotatable bonds is 5. The largest absolute Gasteiger partial charge is 0.332 e. The van der Waals surface area contributed by atoms with Crippen molar-refractivity contribution in [3.63, 3.8) is 0 Å². The van der Waals surface area contributed by atoms with E-state index in [1.165, 1.54) is 5.56 Å². The van der Waals surface area contributed by atoms with Crippen molar-refractivity contribution in [2.45, 2.75) is 38.8 Å². The second-order valence-electron chi connectivity index (χ2n) is 6.64. The molecule has 1 aromatic carbocycles. The van der Waals surface area contributed by atoms with Crippen LogP contribution in [-0.2, 0) is 18.3 Å². The molecule has 1 saturated heterocycles. The molecule has 2 unspecified atom stereocenters. The minimum atomic E-state index is -0.509. The average molecular weight is 355 g/mol. The molecule has 0 radical (unpaired) electrons. The third-order valence-corrected chi connectivity index (χ3v) is 4.75. The van der Waals surface area contributed by atoms with Crippen molar-refractivity contribution in [1.29, 1.82) is 0 Å². The average Bonchev–Trinajstić information content (AvgIpc) is 3.21. The van der Waals surface area contributed by atoms with Gasteiger partial charge in [-0.25, -0.2) is 4.79 Å². The van der Waals surface area contributed by atoms with Gasteiger partial charge >= 0.3 is 6.03 Å². The Balaban J connectivity index is 1.55. The summed E-state index contributed by atoms with van der Waals surface area (Å²) in [5.74, 6) is -0.104. The number of aryl methyl sites for hydroxylation is 2. The summed E-state index contributed by atoms with van der Waals surface area (Å²) in [7, 11) is 1.81. The number of urea groups is 1. The molecule has 2 aromatic rings. The Kier molecular flexibility index (Phi) is 5.25. The summed E-state index contributed by atoms with van der Waals surface area (Å²) in [5, 5.41) is 9.78. The number of hydrogen-bond donors (Lipinski definition) is 2. The minimum Gasteiger partial charge on any atom is -0.332 e. The van der Waals surface area contributed by atoms with Crippen molar-refractivity contribution in [1.82, 2.24) is 20.4 Å². The first-order chi connectivity index (χ1) is 12.5. The molecule has 26 heavy (non-hydrogen) atoms. The maximum Gasteiger partial charge on any atom is 0.315 e. The van der Waals surface area contributed by atoms with Crippen molar-refractivity contribution in [3.8, 4) is 0 Å². The van der Waals surface area contributed by atoms with Gasteiger partial charge in [0, 0.05) is 19.8 Å². The van der Waals surface area contributed by atoms with E-state index in [4.69, 9.17) is 0 Å². The van der Waals surface area contributed by atoms with Gasteiger partial charge in [-0.15, -0.1) is 0 Å². The molecule has 2 heterocycles. The normalized spacial score (nSPS) is 18.0. The maximum absolute atomic E-state index is 12.5. The van der Waals surface area contributed by atoms with Crippen LogP contribution in [0.25, 0.3) is 0 Å². The number of carbonyl (C=O) groups is 2. The van der Waals surface area contributed by atoms with Gasteiger partial charge < -0.3 is 15.5 Å². The monoisotopic (exact) mass is 355 g/mol. The molecule has 1 aromatic heterocycles. The number of aromatic nitrogens is 2. The van der Waals surface area contributed by atoms with Gasteiger partial charge in [-0.1, -0.05) is 31.2 Å². The zero-order chi connectivity index (χ0) is 18.7. The van der Waals surface area contributed by atoms with E-state index in [2.05, 4.69) is 34.8 Å². The third kappa shape index (κ3) is 3.87. The lowest BCUT2D eigenvalue weighted by Crippen LogP contribution is -2.46. The van der Waals surface area contributed by atoms with Crippen molar-refractivity contribution >= 4 is 17.6 Å². The van der Waals surface area contributed by atoms with Crippen molar-refractivity contribution in [3.05, 3.63) is 47.8 Å². The summed E-state index contributed by atoms with van der Waals surface area (Å²) < 4.78 is 1.65. The first-order valence-corrected chi connectivity index (χ1v) is 8.93. The first-order valence-electron chi connectivity index (χ1n) is 8.93. The van der Waals surface area contributed by atoms with Crippen LogP contribution in [0.2, 0.25) is 0 Å². The Morgan fingerprint density at radius 1 is 1.35 bits per heavy atom. The Morgan fingerprint density at radius 2 is 2.08 bits per heavy atom. The Morgan fingerprint density at radius 3 is 2.69 bits per heavy atom. The molecule has 7 heteroatoms. The maximum atomic E-state index is 12.5. The standard InChI is InChI=1S/C19H25N5O2/c1-4-14-5-7-15(8-6-14)13(2)21-19(26)22-17-9-10-24(18(17)25)16-11-20-23(3)12-16/h5-8,11-13,17H,4,9-10H2,1-3H3,(H2,21,22,26). The smallest absolute Gasteiger partial charge is 0.315 e. The zero-order valence-corrected chi connectivity index (χ0v) is 15.4. The van der Waals surface area contributed by atoms with Gasteiger partial charge in [-0.2, -0.15) is 5.10 Å². The lowest BCUT2D eigenvalue weighted by Gasteiger charge is -2.18. The van der Waals surface area contributed by atoms with Gasteiger partial charge in [0.1, 0.15) is 6.04 Å². The SMILES string of the molecule is CCc1ccc(C(C)NC(=O)NC2CCN(c3cnn(C)c3)C2=O)cc1. The van der Waals surface area contributed by atoms with E-state index >= 15 is 0 Å². The fraction of sp³-hybridized carbons (Fsp3) is 0.421. The summed E-state index contributed by atoms with van der Waals surface area (Å²) in [5.41, 5.74) is 3.05. The molecule has 0 aliphatic carbocycles. The summed E-state index contributed by atoms with van der Waals surface area (Å²) in [6.45, 7) is 4.61. The van der Waals surface area contributed by atoms with Crippen LogP contribution in [0, 0.1) is 0 Å². The molecule has 2 N–H and O–H groups in total. The number of nitrogens with zero attached hydrogens (tertiary/aromatic N) is 3. The lowest BCUT2D eigenvalue weighted by molar-refractivity contribution is -0.118. The molecular weight excluding hydrogens is 330 g/mol. The van der Waals surface area contributed by atoms with Gasteiger partial charge in [-0.3, -0.25) is 9.48 Å². The van der Waals surface area contributed by atoms with Crippen LogP contribution in [0.1, 0.15) is 37.4 Å². The summed E-state index contributed by atoms with van der Waals surface area (Å²) in [6, 6.07) is 7.21.